The van der Waals surface area contributed by atoms with E-state index in [-0.39, 0.29) is 10.7 Å². The monoisotopic (exact) mass is 427 g/mol. The second kappa shape index (κ2) is 8.58. The highest BCUT2D eigenvalue weighted by atomic mass is 32.2. The lowest BCUT2D eigenvalue weighted by Crippen LogP contribution is -2.14. The Morgan fingerprint density at radius 3 is 1.97 bits per heavy atom. The summed E-state index contributed by atoms with van der Waals surface area (Å²) >= 11 is 0. The Morgan fingerprint density at radius 2 is 1.26 bits per heavy atom. The first-order valence-corrected chi connectivity index (χ1v) is 11.3. The van der Waals surface area contributed by atoms with Crippen LogP contribution >= 0.6 is 0 Å². The van der Waals surface area contributed by atoms with Crippen molar-refractivity contribution in [3.8, 4) is 11.1 Å². The molecule has 4 aromatic carbocycles. The smallest absolute Gasteiger partial charge is 0.261 e. The largest absolute Gasteiger partial charge is 0.289 e. The maximum absolute atomic E-state index is 13.2. The molecule has 0 saturated heterocycles. The first-order chi connectivity index (χ1) is 15.0. The SMILES string of the molecule is Cc1ccc(S(=O)(=O)Nc2ccccc2-c2ccccc2C(=O)c2ccccc2)cc1. The number of sulfonamides is 1. The number of carbonyl (C=O) groups is 1. The molecule has 0 atom stereocenters. The minimum Gasteiger partial charge on any atom is -0.289 e. The maximum atomic E-state index is 13.2. The Morgan fingerprint density at radius 1 is 0.677 bits per heavy atom. The fourth-order valence-corrected chi connectivity index (χ4v) is 4.47. The van der Waals surface area contributed by atoms with Gasteiger partial charge >= 0.3 is 0 Å². The number of benzene rings is 4. The van der Waals surface area contributed by atoms with Gasteiger partial charge in [-0.2, -0.15) is 0 Å². The Kier molecular flexibility index (Phi) is 5.69. The second-order valence-corrected chi connectivity index (χ2v) is 8.89. The van der Waals surface area contributed by atoms with Crippen molar-refractivity contribution in [3.63, 3.8) is 0 Å². The van der Waals surface area contributed by atoms with Crippen LogP contribution in [0.1, 0.15) is 21.5 Å². The van der Waals surface area contributed by atoms with E-state index in [4.69, 9.17) is 0 Å². The van der Waals surface area contributed by atoms with Crippen LogP contribution in [0.2, 0.25) is 0 Å². The van der Waals surface area contributed by atoms with Gasteiger partial charge in [0.15, 0.2) is 5.78 Å². The van der Waals surface area contributed by atoms with Crippen LogP contribution in [0, 0.1) is 6.92 Å². The molecular weight excluding hydrogens is 406 g/mol. The number of hydrogen-bond acceptors (Lipinski definition) is 3. The number of hydrogen-bond donors (Lipinski definition) is 1. The molecule has 0 saturated carbocycles. The van der Waals surface area contributed by atoms with E-state index in [2.05, 4.69) is 4.72 Å². The van der Waals surface area contributed by atoms with Gasteiger partial charge in [0.05, 0.1) is 10.6 Å². The third-order valence-corrected chi connectivity index (χ3v) is 6.38. The Bertz CT molecular complexity index is 1330. The van der Waals surface area contributed by atoms with Crippen molar-refractivity contribution < 1.29 is 13.2 Å². The van der Waals surface area contributed by atoms with Crippen molar-refractivity contribution in [2.24, 2.45) is 0 Å². The molecule has 1 N–H and O–H groups in total. The van der Waals surface area contributed by atoms with Crippen LogP contribution in [-0.2, 0) is 10.0 Å². The summed E-state index contributed by atoms with van der Waals surface area (Å²) < 4.78 is 28.6. The van der Waals surface area contributed by atoms with Gasteiger partial charge in [-0.1, -0.05) is 90.5 Å². The van der Waals surface area contributed by atoms with Gasteiger partial charge in [-0.25, -0.2) is 8.42 Å². The van der Waals surface area contributed by atoms with Crippen LogP contribution in [0.3, 0.4) is 0 Å². The predicted octanol–water partition coefficient (Wildman–Crippen LogP) is 5.69. The summed E-state index contributed by atoms with van der Waals surface area (Å²) in [7, 11) is -3.78. The first kappa shape index (κ1) is 20.6. The summed E-state index contributed by atoms with van der Waals surface area (Å²) in [5.74, 6) is -0.118. The molecule has 0 bridgehead atoms. The molecule has 0 fully saturated rings. The molecule has 0 unspecified atom stereocenters. The Hall–Kier alpha value is -3.70. The van der Waals surface area contributed by atoms with Gasteiger partial charge < -0.3 is 0 Å². The topological polar surface area (TPSA) is 63.2 Å². The number of carbonyl (C=O) groups excluding carboxylic acids is 1. The normalized spacial score (nSPS) is 11.1. The van der Waals surface area contributed by atoms with Gasteiger partial charge in [0.1, 0.15) is 0 Å². The van der Waals surface area contributed by atoms with E-state index >= 15 is 0 Å². The third kappa shape index (κ3) is 4.42. The van der Waals surface area contributed by atoms with E-state index in [0.29, 0.717) is 27.9 Å². The summed E-state index contributed by atoms with van der Waals surface area (Å²) in [5.41, 5.74) is 3.78. The van der Waals surface area contributed by atoms with Crippen molar-refractivity contribution in [1.29, 1.82) is 0 Å². The summed E-state index contributed by atoms with van der Waals surface area (Å²) in [6.45, 7) is 1.90. The number of rotatable bonds is 6. The summed E-state index contributed by atoms with van der Waals surface area (Å²) in [6.07, 6.45) is 0. The lowest BCUT2D eigenvalue weighted by atomic mass is 9.93. The van der Waals surface area contributed by atoms with Crippen molar-refractivity contribution >= 4 is 21.5 Å². The maximum Gasteiger partial charge on any atom is 0.261 e. The average molecular weight is 428 g/mol. The molecule has 31 heavy (non-hydrogen) atoms. The fourth-order valence-electron chi connectivity index (χ4n) is 3.39. The van der Waals surface area contributed by atoms with E-state index in [1.165, 1.54) is 0 Å². The van der Waals surface area contributed by atoms with Crippen LogP contribution in [0.5, 0.6) is 0 Å². The minimum absolute atomic E-state index is 0.118. The third-order valence-electron chi connectivity index (χ3n) is 5.00. The number of nitrogens with one attached hydrogen (secondary N) is 1. The molecule has 5 heteroatoms. The van der Waals surface area contributed by atoms with Gasteiger partial charge in [-0.3, -0.25) is 9.52 Å². The average Bonchev–Trinajstić information content (AvgIpc) is 2.80. The van der Waals surface area contributed by atoms with E-state index < -0.39 is 10.0 Å². The van der Waals surface area contributed by atoms with Crippen molar-refractivity contribution in [1.82, 2.24) is 0 Å². The van der Waals surface area contributed by atoms with Crippen molar-refractivity contribution in [2.45, 2.75) is 11.8 Å². The summed E-state index contributed by atoms with van der Waals surface area (Å²) in [6, 6.07) is 30.0. The summed E-state index contributed by atoms with van der Waals surface area (Å²) in [5, 5.41) is 0. The molecule has 0 aliphatic carbocycles. The van der Waals surface area contributed by atoms with Gasteiger partial charge in [0, 0.05) is 16.7 Å². The Balaban J connectivity index is 1.77. The molecule has 0 amide bonds. The zero-order valence-electron chi connectivity index (χ0n) is 16.9. The number of aryl methyl sites for hydroxylation is 1. The highest BCUT2D eigenvalue weighted by Crippen LogP contribution is 2.33. The van der Waals surface area contributed by atoms with E-state index in [9.17, 15) is 13.2 Å². The minimum atomic E-state index is -3.78. The number of anilines is 1. The summed E-state index contributed by atoms with van der Waals surface area (Å²) in [4.78, 5) is 13.3. The van der Waals surface area contributed by atoms with Gasteiger partial charge in [-0.05, 0) is 30.7 Å². The lowest BCUT2D eigenvalue weighted by molar-refractivity contribution is 0.103. The van der Waals surface area contributed by atoms with E-state index in [0.717, 1.165) is 5.56 Å². The highest BCUT2D eigenvalue weighted by Gasteiger charge is 2.19. The molecule has 4 aromatic rings. The van der Waals surface area contributed by atoms with Crippen molar-refractivity contribution in [3.05, 3.63) is 120 Å². The molecule has 154 valence electrons. The molecule has 4 rings (SSSR count). The molecule has 0 aromatic heterocycles. The number of ketones is 1. The number of para-hydroxylation sites is 1. The molecule has 0 aliphatic heterocycles. The van der Waals surface area contributed by atoms with Gasteiger partial charge in [0.2, 0.25) is 0 Å². The van der Waals surface area contributed by atoms with E-state index in [1.807, 2.05) is 49.4 Å². The van der Waals surface area contributed by atoms with Crippen LogP contribution in [-0.4, -0.2) is 14.2 Å². The quantitative estimate of drug-likeness (QED) is 0.402. The Labute approximate surface area is 182 Å². The van der Waals surface area contributed by atoms with Crippen LogP contribution in [0.4, 0.5) is 5.69 Å². The van der Waals surface area contributed by atoms with Crippen LogP contribution in [0.25, 0.3) is 11.1 Å². The molecule has 0 spiro atoms. The lowest BCUT2D eigenvalue weighted by Gasteiger charge is -2.15. The van der Waals surface area contributed by atoms with Gasteiger partial charge in [-0.15, -0.1) is 0 Å². The molecule has 0 radical (unpaired) electrons. The first-order valence-electron chi connectivity index (χ1n) is 9.83. The second-order valence-electron chi connectivity index (χ2n) is 7.20. The molecule has 4 nitrogen and oxygen atoms in total. The van der Waals surface area contributed by atoms with Crippen LogP contribution in [0.15, 0.2) is 108 Å². The van der Waals surface area contributed by atoms with Gasteiger partial charge in [0.25, 0.3) is 10.0 Å². The molecule has 0 aliphatic rings. The molecular formula is C26H21NO3S. The fraction of sp³-hybridized carbons (Fsp3) is 0.0385. The highest BCUT2D eigenvalue weighted by molar-refractivity contribution is 7.92. The van der Waals surface area contributed by atoms with E-state index in [1.54, 1.807) is 60.7 Å². The zero-order valence-corrected chi connectivity index (χ0v) is 17.8. The molecule has 0 heterocycles. The standard InChI is InChI=1S/C26H21NO3S/c1-19-15-17-21(18-16-19)31(29,30)27-25-14-8-7-12-23(25)22-11-5-6-13-24(22)26(28)20-9-3-2-4-10-20/h2-18,27H,1H3. The zero-order chi connectivity index (χ0) is 21.8. The van der Waals surface area contributed by atoms with Crippen molar-refractivity contribution in [2.75, 3.05) is 4.72 Å². The predicted molar refractivity (Wildman–Crippen MR) is 124 cm³/mol. The van der Waals surface area contributed by atoms with Crippen LogP contribution < -0.4 is 4.72 Å².